The highest BCUT2D eigenvalue weighted by Crippen LogP contribution is 2.22. The van der Waals surface area contributed by atoms with Crippen molar-refractivity contribution in [2.45, 2.75) is 19.4 Å². The molecule has 0 saturated carbocycles. The summed E-state index contributed by atoms with van der Waals surface area (Å²) in [6.07, 6.45) is 1.12. The topological polar surface area (TPSA) is 55.1 Å². The highest BCUT2D eigenvalue weighted by atomic mass is 35.5. The van der Waals surface area contributed by atoms with Gasteiger partial charge in [-0.25, -0.2) is 0 Å². The maximum absolute atomic E-state index is 11.5. The summed E-state index contributed by atoms with van der Waals surface area (Å²) in [5.41, 5.74) is 8.72. The van der Waals surface area contributed by atoms with Gasteiger partial charge in [-0.1, -0.05) is 30.3 Å². The van der Waals surface area contributed by atoms with Crippen LogP contribution in [0.1, 0.15) is 18.4 Å². The van der Waals surface area contributed by atoms with Crippen LogP contribution >= 0.6 is 11.6 Å². The molecule has 2 rings (SSSR count). The summed E-state index contributed by atoms with van der Waals surface area (Å²) in [7, 11) is 0. The minimum absolute atomic E-state index is 0.0130. The largest absolute Gasteiger partial charge is 0.394 e. The van der Waals surface area contributed by atoms with Crippen molar-refractivity contribution in [3.05, 3.63) is 58.4 Å². The van der Waals surface area contributed by atoms with Crippen LogP contribution in [-0.4, -0.2) is 5.78 Å². The molecule has 0 aromatic heterocycles. The zero-order valence-electron chi connectivity index (χ0n) is 10.0. The molecule has 0 fully saturated rings. The Kier molecular flexibility index (Phi) is 3.72. The molecule has 0 saturated heterocycles. The smallest absolute Gasteiger partial charge is 0.180 e. The number of Topliss-reactive ketones (excluding diaryl/α,β-unsaturated/α-hetero) is 1. The molecule has 1 aliphatic rings. The lowest BCUT2D eigenvalue weighted by molar-refractivity contribution is -0.115. The number of halogens is 1. The maximum Gasteiger partial charge on any atom is 0.180 e. The van der Waals surface area contributed by atoms with Crippen LogP contribution in [-0.2, 0) is 11.3 Å². The fraction of sp³-hybridized carbons (Fsp3) is 0.214. The second kappa shape index (κ2) is 5.27. The van der Waals surface area contributed by atoms with Crippen molar-refractivity contribution in [3.63, 3.8) is 0 Å². The Morgan fingerprint density at radius 3 is 2.61 bits per heavy atom. The Morgan fingerprint density at radius 1 is 1.28 bits per heavy atom. The minimum Gasteiger partial charge on any atom is -0.394 e. The molecule has 3 nitrogen and oxygen atoms in total. The lowest BCUT2D eigenvalue weighted by Crippen LogP contribution is -2.27. The SMILES string of the molecule is C=C1CCC(=O)C(N)=C1NCc1ccc(Cl)cc1. The first kappa shape index (κ1) is 12.7. The summed E-state index contributed by atoms with van der Waals surface area (Å²) in [5.74, 6) is -0.0130. The van der Waals surface area contributed by atoms with Crippen molar-refractivity contribution in [1.82, 2.24) is 5.32 Å². The summed E-state index contributed by atoms with van der Waals surface area (Å²) >= 11 is 5.82. The van der Waals surface area contributed by atoms with Crippen molar-refractivity contribution >= 4 is 17.4 Å². The number of nitrogens with two attached hydrogens (primary N) is 1. The van der Waals surface area contributed by atoms with E-state index in [9.17, 15) is 4.79 Å². The van der Waals surface area contributed by atoms with E-state index in [1.165, 1.54) is 0 Å². The third-order valence-electron chi connectivity index (χ3n) is 2.96. The molecule has 1 aliphatic carbocycles. The number of nitrogens with one attached hydrogen (secondary N) is 1. The molecule has 1 aromatic rings. The lowest BCUT2D eigenvalue weighted by atomic mass is 9.96. The molecule has 0 amide bonds. The van der Waals surface area contributed by atoms with Crippen LogP contribution in [0.15, 0.2) is 47.8 Å². The summed E-state index contributed by atoms with van der Waals surface area (Å²) in [6.45, 7) is 4.53. The first-order valence-electron chi connectivity index (χ1n) is 5.77. The van der Waals surface area contributed by atoms with Gasteiger partial charge in [0.15, 0.2) is 5.78 Å². The maximum atomic E-state index is 11.5. The molecular formula is C14H15ClN2O. The van der Waals surface area contributed by atoms with Crippen molar-refractivity contribution in [3.8, 4) is 0 Å². The zero-order valence-corrected chi connectivity index (χ0v) is 10.8. The normalized spacial score (nSPS) is 16.1. The Labute approximate surface area is 111 Å². The van der Waals surface area contributed by atoms with Crippen LogP contribution in [0, 0.1) is 0 Å². The number of benzene rings is 1. The zero-order chi connectivity index (χ0) is 13.1. The van der Waals surface area contributed by atoms with E-state index in [4.69, 9.17) is 17.3 Å². The van der Waals surface area contributed by atoms with E-state index >= 15 is 0 Å². The van der Waals surface area contributed by atoms with E-state index in [1.807, 2.05) is 24.3 Å². The van der Waals surface area contributed by atoms with Gasteiger partial charge in [0, 0.05) is 18.0 Å². The third kappa shape index (κ3) is 2.74. The molecule has 4 heteroatoms. The predicted octanol–water partition coefficient (Wildman–Crippen LogP) is 2.52. The summed E-state index contributed by atoms with van der Waals surface area (Å²) in [5, 5.41) is 3.88. The Bertz CT molecular complexity index is 517. The van der Waals surface area contributed by atoms with E-state index in [0.29, 0.717) is 35.8 Å². The molecule has 0 bridgehead atoms. The number of rotatable bonds is 3. The summed E-state index contributed by atoms with van der Waals surface area (Å²) in [6, 6.07) is 7.52. The highest BCUT2D eigenvalue weighted by Gasteiger charge is 2.20. The molecule has 0 atom stereocenters. The number of carbonyl (C=O) groups excluding carboxylic acids is 1. The van der Waals surface area contributed by atoms with Crippen LogP contribution < -0.4 is 11.1 Å². The van der Waals surface area contributed by atoms with Gasteiger partial charge in [0.1, 0.15) is 0 Å². The Morgan fingerprint density at radius 2 is 1.94 bits per heavy atom. The summed E-state index contributed by atoms with van der Waals surface area (Å²) < 4.78 is 0. The van der Waals surface area contributed by atoms with Crippen LogP contribution in [0.25, 0.3) is 0 Å². The van der Waals surface area contributed by atoms with E-state index in [1.54, 1.807) is 0 Å². The number of hydrogen-bond donors (Lipinski definition) is 2. The van der Waals surface area contributed by atoms with Gasteiger partial charge in [0.2, 0.25) is 0 Å². The number of hydrogen-bond acceptors (Lipinski definition) is 3. The van der Waals surface area contributed by atoms with Crippen molar-refractivity contribution in [1.29, 1.82) is 0 Å². The first-order valence-corrected chi connectivity index (χ1v) is 6.15. The van der Waals surface area contributed by atoms with Crippen LogP contribution in [0.3, 0.4) is 0 Å². The third-order valence-corrected chi connectivity index (χ3v) is 3.21. The van der Waals surface area contributed by atoms with Gasteiger partial charge in [-0.05, 0) is 29.7 Å². The fourth-order valence-electron chi connectivity index (χ4n) is 1.87. The molecule has 3 N–H and O–H groups in total. The van der Waals surface area contributed by atoms with Gasteiger partial charge in [-0.15, -0.1) is 0 Å². The van der Waals surface area contributed by atoms with Gasteiger partial charge in [0.05, 0.1) is 11.4 Å². The molecule has 0 aliphatic heterocycles. The molecule has 0 spiro atoms. The van der Waals surface area contributed by atoms with Crippen LogP contribution in [0.2, 0.25) is 5.02 Å². The Hall–Kier alpha value is -1.74. The molecule has 1 aromatic carbocycles. The summed E-state index contributed by atoms with van der Waals surface area (Å²) in [4.78, 5) is 11.5. The number of ketones is 1. The van der Waals surface area contributed by atoms with Crippen molar-refractivity contribution in [2.75, 3.05) is 0 Å². The van der Waals surface area contributed by atoms with Gasteiger partial charge in [-0.2, -0.15) is 0 Å². The molecule has 18 heavy (non-hydrogen) atoms. The first-order chi connectivity index (χ1) is 8.58. The molecule has 0 radical (unpaired) electrons. The standard InChI is InChI=1S/C14H15ClN2O/c1-9-2-7-12(18)13(16)14(9)17-8-10-3-5-11(15)6-4-10/h3-6,17H,1-2,7-8,16H2. The average molecular weight is 263 g/mol. The van der Waals surface area contributed by atoms with E-state index in [2.05, 4.69) is 11.9 Å². The molecule has 94 valence electrons. The molecular weight excluding hydrogens is 248 g/mol. The van der Waals surface area contributed by atoms with Crippen molar-refractivity contribution in [2.24, 2.45) is 5.73 Å². The van der Waals surface area contributed by atoms with Gasteiger partial charge in [0.25, 0.3) is 0 Å². The molecule has 0 unspecified atom stereocenters. The average Bonchev–Trinajstić information content (AvgIpc) is 2.36. The van der Waals surface area contributed by atoms with Crippen LogP contribution in [0.5, 0.6) is 0 Å². The highest BCUT2D eigenvalue weighted by molar-refractivity contribution is 6.30. The monoisotopic (exact) mass is 262 g/mol. The van der Waals surface area contributed by atoms with Gasteiger partial charge < -0.3 is 11.1 Å². The number of carbonyl (C=O) groups is 1. The lowest BCUT2D eigenvalue weighted by Gasteiger charge is -2.20. The fourth-order valence-corrected chi connectivity index (χ4v) is 1.99. The second-order valence-corrected chi connectivity index (χ2v) is 4.73. The van der Waals surface area contributed by atoms with E-state index in [-0.39, 0.29) is 5.78 Å². The van der Waals surface area contributed by atoms with Gasteiger partial charge >= 0.3 is 0 Å². The van der Waals surface area contributed by atoms with Gasteiger partial charge in [-0.3, -0.25) is 4.79 Å². The Balaban J connectivity index is 2.09. The van der Waals surface area contributed by atoms with E-state index in [0.717, 1.165) is 11.1 Å². The van der Waals surface area contributed by atoms with E-state index < -0.39 is 0 Å². The van der Waals surface area contributed by atoms with Crippen molar-refractivity contribution < 1.29 is 4.79 Å². The number of allylic oxidation sites excluding steroid dienone is 2. The second-order valence-electron chi connectivity index (χ2n) is 4.30. The van der Waals surface area contributed by atoms with Crippen LogP contribution in [0.4, 0.5) is 0 Å². The minimum atomic E-state index is -0.0130. The quantitative estimate of drug-likeness (QED) is 0.880. The predicted molar refractivity (Wildman–Crippen MR) is 72.9 cm³/mol. The molecule has 0 heterocycles.